The number of rotatable bonds is 4. The molecule has 2 heteroatoms. The quantitative estimate of drug-likeness (QED) is 0.717. The van der Waals surface area contributed by atoms with Crippen LogP contribution in [0.3, 0.4) is 0 Å². The molecular formula is C22H31N2+. The lowest BCUT2D eigenvalue weighted by Gasteiger charge is -2.40. The maximum Gasteiger partial charge on any atom is 0.173 e. The van der Waals surface area contributed by atoms with Gasteiger partial charge in [0.15, 0.2) is 11.9 Å². The minimum atomic E-state index is 0.470. The van der Waals surface area contributed by atoms with Gasteiger partial charge < -0.3 is 4.90 Å². The third-order valence-corrected chi connectivity index (χ3v) is 6.11. The van der Waals surface area contributed by atoms with Gasteiger partial charge in [-0.3, -0.25) is 4.48 Å². The van der Waals surface area contributed by atoms with E-state index in [1.807, 2.05) is 0 Å². The summed E-state index contributed by atoms with van der Waals surface area (Å²) in [5.74, 6) is 0. The smallest absolute Gasteiger partial charge is 0.173 e. The predicted octanol–water partition coefficient (Wildman–Crippen LogP) is 4.98. The second kappa shape index (κ2) is 6.25. The van der Waals surface area contributed by atoms with Crippen molar-refractivity contribution >= 4 is 11.4 Å². The number of benzene rings is 2. The zero-order valence-electron chi connectivity index (χ0n) is 16.1. The van der Waals surface area contributed by atoms with Gasteiger partial charge in [-0.25, -0.2) is 0 Å². The Labute approximate surface area is 147 Å². The van der Waals surface area contributed by atoms with Crippen LogP contribution < -0.4 is 9.38 Å². The predicted molar refractivity (Wildman–Crippen MR) is 106 cm³/mol. The molecule has 2 aromatic carbocycles. The molecule has 1 unspecified atom stereocenters. The molecule has 24 heavy (non-hydrogen) atoms. The van der Waals surface area contributed by atoms with Gasteiger partial charge in [-0.1, -0.05) is 29.8 Å². The molecule has 0 N–H and O–H groups in total. The second-order valence-electron chi connectivity index (χ2n) is 7.33. The highest BCUT2D eigenvalue weighted by molar-refractivity contribution is 5.74. The normalized spacial score (nSPS) is 18.8. The van der Waals surface area contributed by atoms with Crippen molar-refractivity contribution in [2.45, 2.75) is 47.2 Å². The Morgan fingerprint density at radius 1 is 0.958 bits per heavy atom. The summed E-state index contributed by atoms with van der Waals surface area (Å²) in [6, 6.07) is 13.6. The molecule has 2 aromatic rings. The van der Waals surface area contributed by atoms with E-state index in [1.54, 1.807) is 0 Å². The summed E-state index contributed by atoms with van der Waals surface area (Å²) in [6.45, 7) is 13.7. The topological polar surface area (TPSA) is 3.24 Å². The standard InChI is InChI=1S/C22H31N2/c1-7-24(8-2)21-12-10-9-11-20(21)23(6)22(24)15-19-17(4)13-16(3)14-18(19)5/h9-14,22H,7-8,15H2,1-6H3/q+1. The zero-order chi connectivity index (χ0) is 17.5. The van der Waals surface area contributed by atoms with Crippen molar-refractivity contribution in [3.8, 4) is 0 Å². The number of likely N-dealkylation sites (N-methyl/N-ethyl adjacent to an activating group) is 2. The highest BCUT2D eigenvalue weighted by Gasteiger charge is 2.47. The Hall–Kier alpha value is -1.80. The molecule has 2 nitrogen and oxygen atoms in total. The number of anilines is 1. The first-order chi connectivity index (χ1) is 11.4. The van der Waals surface area contributed by atoms with Crippen molar-refractivity contribution in [3.05, 3.63) is 58.7 Å². The molecule has 0 fully saturated rings. The summed E-state index contributed by atoms with van der Waals surface area (Å²) in [6.07, 6.45) is 1.57. The fourth-order valence-electron chi connectivity index (χ4n) is 4.80. The zero-order valence-corrected chi connectivity index (χ0v) is 16.1. The molecule has 0 saturated carbocycles. The fraction of sp³-hybridized carbons (Fsp3) is 0.455. The van der Waals surface area contributed by atoms with Crippen LogP contribution in [0.25, 0.3) is 0 Å². The van der Waals surface area contributed by atoms with Crippen LogP contribution in [-0.2, 0) is 6.42 Å². The van der Waals surface area contributed by atoms with Crippen LogP contribution in [0.4, 0.5) is 11.4 Å². The van der Waals surface area contributed by atoms with Crippen LogP contribution >= 0.6 is 0 Å². The van der Waals surface area contributed by atoms with Crippen LogP contribution in [0.1, 0.15) is 36.1 Å². The Bertz CT molecular complexity index is 720. The van der Waals surface area contributed by atoms with E-state index in [9.17, 15) is 0 Å². The average Bonchev–Trinajstić information content (AvgIpc) is 2.80. The lowest BCUT2D eigenvalue weighted by Crippen LogP contribution is -2.59. The van der Waals surface area contributed by atoms with Crippen molar-refractivity contribution in [2.75, 3.05) is 25.0 Å². The molecule has 1 atom stereocenters. The third kappa shape index (κ3) is 2.44. The SMILES string of the molecule is CC[N+]1(CC)c2ccccc2N(C)C1Cc1c(C)cc(C)cc1C. The molecular weight excluding hydrogens is 292 g/mol. The maximum atomic E-state index is 2.51. The Kier molecular flexibility index (Phi) is 4.44. The van der Waals surface area contributed by atoms with E-state index in [0.717, 1.165) is 24.0 Å². The van der Waals surface area contributed by atoms with Gasteiger partial charge in [0.2, 0.25) is 0 Å². The molecule has 3 rings (SSSR count). The number of fused-ring (bicyclic) bond motifs is 1. The van der Waals surface area contributed by atoms with E-state index in [4.69, 9.17) is 0 Å². The molecule has 0 bridgehead atoms. The van der Waals surface area contributed by atoms with Gasteiger partial charge in [-0.05, 0) is 57.4 Å². The Balaban J connectivity index is 2.08. The number of hydrogen-bond acceptors (Lipinski definition) is 1. The molecule has 128 valence electrons. The lowest BCUT2D eigenvalue weighted by molar-refractivity contribution is 0.234. The monoisotopic (exact) mass is 323 g/mol. The Morgan fingerprint density at radius 3 is 2.12 bits per heavy atom. The summed E-state index contributed by atoms with van der Waals surface area (Å²) in [5.41, 5.74) is 8.63. The van der Waals surface area contributed by atoms with Crippen molar-refractivity contribution in [2.24, 2.45) is 0 Å². The highest BCUT2D eigenvalue weighted by atomic mass is 15.5. The van der Waals surface area contributed by atoms with Crippen molar-refractivity contribution < 1.29 is 0 Å². The van der Waals surface area contributed by atoms with Gasteiger partial charge in [0.1, 0.15) is 5.69 Å². The summed E-state index contributed by atoms with van der Waals surface area (Å²) in [7, 11) is 2.27. The van der Waals surface area contributed by atoms with Gasteiger partial charge in [0, 0.05) is 19.5 Å². The molecule has 0 amide bonds. The Morgan fingerprint density at radius 2 is 1.54 bits per heavy atom. The second-order valence-corrected chi connectivity index (χ2v) is 7.33. The fourth-order valence-corrected chi connectivity index (χ4v) is 4.80. The number of nitrogens with zero attached hydrogens (tertiary/aromatic N) is 2. The number of para-hydroxylation sites is 2. The van der Waals surface area contributed by atoms with Gasteiger partial charge >= 0.3 is 0 Å². The van der Waals surface area contributed by atoms with Crippen LogP contribution in [-0.4, -0.2) is 26.3 Å². The third-order valence-electron chi connectivity index (χ3n) is 6.11. The molecule has 0 aromatic heterocycles. The molecule has 1 aliphatic rings. The first kappa shape index (κ1) is 17.0. The largest absolute Gasteiger partial charge is 0.320 e. The number of hydrogen-bond donors (Lipinski definition) is 0. The van der Waals surface area contributed by atoms with Crippen molar-refractivity contribution in [1.29, 1.82) is 0 Å². The van der Waals surface area contributed by atoms with Crippen LogP contribution in [0.15, 0.2) is 36.4 Å². The van der Waals surface area contributed by atoms with Crippen LogP contribution in [0.5, 0.6) is 0 Å². The average molecular weight is 324 g/mol. The van der Waals surface area contributed by atoms with E-state index in [-0.39, 0.29) is 0 Å². The molecule has 0 saturated heterocycles. The van der Waals surface area contributed by atoms with Crippen LogP contribution in [0, 0.1) is 20.8 Å². The van der Waals surface area contributed by atoms with Gasteiger partial charge in [0.25, 0.3) is 0 Å². The van der Waals surface area contributed by atoms with Gasteiger partial charge in [-0.15, -0.1) is 0 Å². The summed E-state index contributed by atoms with van der Waals surface area (Å²) < 4.78 is 1.05. The lowest BCUT2D eigenvalue weighted by atomic mass is 9.95. The molecule has 0 aliphatic carbocycles. The first-order valence-corrected chi connectivity index (χ1v) is 9.20. The van der Waals surface area contributed by atoms with E-state index in [2.05, 4.69) is 83.0 Å². The van der Waals surface area contributed by atoms with Gasteiger partial charge in [-0.2, -0.15) is 0 Å². The van der Waals surface area contributed by atoms with E-state index in [1.165, 1.54) is 33.6 Å². The number of aryl methyl sites for hydroxylation is 3. The molecule has 0 spiro atoms. The first-order valence-electron chi connectivity index (χ1n) is 9.20. The molecule has 0 radical (unpaired) electrons. The van der Waals surface area contributed by atoms with Crippen LogP contribution in [0.2, 0.25) is 0 Å². The van der Waals surface area contributed by atoms with Gasteiger partial charge in [0.05, 0.1) is 13.1 Å². The van der Waals surface area contributed by atoms with E-state index >= 15 is 0 Å². The summed E-state index contributed by atoms with van der Waals surface area (Å²) in [5, 5.41) is 0. The van der Waals surface area contributed by atoms with E-state index in [0.29, 0.717) is 6.17 Å². The maximum absolute atomic E-state index is 2.51. The van der Waals surface area contributed by atoms with Crippen molar-refractivity contribution in [3.63, 3.8) is 0 Å². The van der Waals surface area contributed by atoms with Crippen molar-refractivity contribution in [1.82, 2.24) is 4.48 Å². The number of quaternary nitrogens is 1. The molecule has 1 heterocycles. The minimum absolute atomic E-state index is 0.470. The van der Waals surface area contributed by atoms with E-state index < -0.39 is 0 Å². The minimum Gasteiger partial charge on any atom is -0.320 e. The summed E-state index contributed by atoms with van der Waals surface area (Å²) >= 11 is 0. The molecule has 1 aliphatic heterocycles. The summed E-state index contributed by atoms with van der Waals surface area (Å²) in [4.78, 5) is 2.51. The highest BCUT2D eigenvalue weighted by Crippen LogP contribution is 2.45.